The van der Waals surface area contributed by atoms with Crippen LogP contribution in [-0.4, -0.2) is 31.3 Å². The second-order valence-electron chi connectivity index (χ2n) is 2.61. The second kappa shape index (κ2) is 6.99. The van der Waals surface area contributed by atoms with Crippen molar-refractivity contribution in [2.45, 2.75) is 13.3 Å². The van der Waals surface area contributed by atoms with E-state index < -0.39 is 0 Å². The summed E-state index contributed by atoms with van der Waals surface area (Å²) in [4.78, 5) is 0. The molecule has 1 unspecified atom stereocenters. The number of hydrogen-bond donors (Lipinski definition) is 3. The molecule has 62 valence electrons. The Morgan fingerprint density at radius 2 is 2.30 bits per heavy atom. The van der Waals surface area contributed by atoms with E-state index >= 15 is 0 Å². The molecule has 3 nitrogen and oxygen atoms in total. The summed E-state index contributed by atoms with van der Waals surface area (Å²) in [5.41, 5.74) is 5.28. The van der Waals surface area contributed by atoms with Gasteiger partial charge in [-0.3, -0.25) is 0 Å². The van der Waals surface area contributed by atoms with Gasteiger partial charge in [0.2, 0.25) is 0 Å². The van der Waals surface area contributed by atoms with E-state index in [9.17, 15) is 0 Å². The molecular weight excluding hydrogens is 128 g/mol. The molecule has 4 N–H and O–H groups in total. The van der Waals surface area contributed by atoms with Crippen LogP contribution < -0.4 is 11.1 Å². The van der Waals surface area contributed by atoms with Gasteiger partial charge in [-0.05, 0) is 18.9 Å². The summed E-state index contributed by atoms with van der Waals surface area (Å²) in [5, 5.41) is 11.7. The standard InChI is InChI=1S/C7H18N2O/c1-7(2-5-10)6-9-4-3-8/h7,9-10H,2-6,8H2,1H3. The molecule has 0 radical (unpaired) electrons. The minimum absolute atomic E-state index is 0.283. The Morgan fingerprint density at radius 3 is 2.80 bits per heavy atom. The van der Waals surface area contributed by atoms with Crippen LogP contribution in [0.4, 0.5) is 0 Å². The quantitative estimate of drug-likeness (QED) is 0.445. The van der Waals surface area contributed by atoms with E-state index in [1.165, 1.54) is 0 Å². The van der Waals surface area contributed by atoms with Crippen LogP contribution in [0.3, 0.4) is 0 Å². The minimum Gasteiger partial charge on any atom is -0.396 e. The summed E-state index contributed by atoms with van der Waals surface area (Å²) < 4.78 is 0. The highest BCUT2D eigenvalue weighted by Crippen LogP contribution is 1.96. The highest BCUT2D eigenvalue weighted by molar-refractivity contribution is 4.55. The van der Waals surface area contributed by atoms with Gasteiger partial charge in [0.15, 0.2) is 0 Å². The molecule has 0 saturated heterocycles. The average Bonchev–Trinajstić information content (AvgIpc) is 1.89. The maximum atomic E-state index is 8.54. The van der Waals surface area contributed by atoms with E-state index in [1.54, 1.807) is 0 Å². The van der Waals surface area contributed by atoms with Gasteiger partial charge < -0.3 is 16.2 Å². The Kier molecular flexibility index (Phi) is 6.91. The molecule has 3 heteroatoms. The van der Waals surface area contributed by atoms with Gasteiger partial charge in [0.1, 0.15) is 0 Å². The van der Waals surface area contributed by atoms with Gasteiger partial charge in [0, 0.05) is 19.7 Å². The van der Waals surface area contributed by atoms with E-state index in [1.807, 2.05) is 0 Å². The molecular formula is C7H18N2O. The molecule has 0 aliphatic carbocycles. The molecule has 0 bridgehead atoms. The lowest BCUT2D eigenvalue weighted by Gasteiger charge is -2.09. The summed E-state index contributed by atoms with van der Waals surface area (Å²) in [6, 6.07) is 0. The normalized spacial score (nSPS) is 13.5. The molecule has 0 amide bonds. The van der Waals surface area contributed by atoms with Crippen LogP contribution >= 0.6 is 0 Å². The van der Waals surface area contributed by atoms with Crippen LogP contribution in [0.5, 0.6) is 0 Å². The fourth-order valence-corrected chi connectivity index (χ4v) is 0.773. The van der Waals surface area contributed by atoms with Crippen LogP contribution in [0.2, 0.25) is 0 Å². The van der Waals surface area contributed by atoms with Crippen molar-refractivity contribution < 1.29 is 5.11 Å². The summed E-state index contributed by atoms with van der Waals surface area (Å²) >= 11 is 0. The van der Waals surface area contributed by atoms with E-state index in [0.29, 0.717) is 12.5 Å². The molecule has 1 atom stereocenters. The van der Waals surface area contributed by atoms with Crippen LogP contribution in [0, 0.1) is 5.92 Å². The largest absolute Gasteiger partial charge is 0.396 e. The molecule has 0 aliphatic heterocycles. The van der Waals surface area contributed by atoms with Gasteiger partial charge in [-0.15, -0.1) is 0 Å². The molecule has 0 spiro atoms. The fraction of sp³-hybridized carbons (Fsp3) is 1.00. The van der Waals surface area contributed by atoms with E-state index in [4.69, 9.17) is 10.8 Å². The van der Waals surface area contributed by atoms with E-state index in [-0.39, 0.29) is 6.61 Å². The predicted octanol–water partition coefficient (Wildman–Crippen LogP) is -0.447. The number of nitrogens with one attached hydrogen (secondary N) is 1. The number of aliphatic hydroxyl groups excluding tert-OH is 1. The summed E-state index contributed by atoms with van der Waals surface area (Å²) in [7, 11) is 0. The molecule has 0 aromatic carbocycles. The molecule has 0 aliphatic rings. The Hall–Kier alpha value is -0.120. The van der Waals surface area contributed by atoms with Crippen molar-refractivity contribution in [2.75, 3.05) is 26.2 Å². The van der Waals surface area contributed by atoms with Crippen molar-refractivity contribution in [3.63, 3.8) is 0 Å². The zero-order valence-electron chi connectivity index (χ0n) is 6.64. The van der Waals surface area contributed by atoms with Crippen molar-refractivity contribution in [3.8, 4) is 0 Å². The third-order valence-corrected chi connectivity index (χ3v) is 1.44. The minimum atomic E-state index is 0.283. The Labute approximate surface area is 62.6 Å². The molecule has 0 heterocycles. The first-order chi connectivity index (χ1) is 4.81. The maximum absolute atomic E-state index is 8.54. The van der Waals surface area contributed by atoms with E-state index in [2.05, 4.69) is 12.2 Å². The van der Waals surface area contributed by atoms with Crippen LogP contribution in [-0.2, 0) is 0 Å². The van der Waals surface area contributed by atoms with Crippen molar-refractivity contribution >= 4 is 0 Å². The van der Waals surface area contributed by atoms with Gasteiger partial charge in [0.05, 0.1) is 0 Å². The number of rotatable bonds is 6. The zero-order chi connectivity index (χ0) is 7.82. The first-order valence-corrected chi connectivity index (χ1v) is 3.83. The summed E-state index contributed by atoms with van der Waals surface area (Å²) in [6.45, 7) is 4.91. The lowest BCUT2D eigenvalue weighted by molar-refractivity contribution is 0.260. The van der Waals surface area contributed by atoms with Crippen molar-refractivity contribution in [1.82, 2.24) is 5.32 Å². The molecule has 0 aromatic heterocycles. The topological polar surface area (TPSA) is 58.3 Å². The zero-order valence-corrected chi connectivity index (χ0v) is 6.64. The maximum Gasteiger partial charge on any atom is 0.0434 e. The van der Waals surface area contributed by atoms with Gasteiger partial charge in [-0.1, -0.05) is 6.92 Å². The van der Waals surface area contributed by atoms with Gasteiger partial charge >= 0.3 is 0 Å². The second-order valence-corrected chi connectivity index (χ2v) is 2.61. The van der Waals surface area contributed by atoms with Crippen LogP contribution in [0.15, 0.2) is 0 Å². The molecule has 10 heavy (non-hydrogen) atoms. The average molecular weight is 146 g/mol. The third kappa shape index (κ3) is 6.01. The lowest BCUT2D eigenvalue weighted by atomic mass is 10.1. The summed E-state index contributed by atoms with van der Waals surface area (Å²) in [6.07, 6.45) is 0.873. The monoisotopic (exact) mass is 146 g/mol. The Balaban J connectivity index is 2.97. The number of nitrogens with two attached hydrogens (primary N) is 1. The highest BCUT2D eigenvalue weighted by atomic mass is 16.3. The molecule has 0 rings (SSSR count). The Morgan fingerprint density at radius 1 is 1.60 bits per heavy atom. The first kappa shape index (κ1) is 9.88. The smallest absolute Gasteiger partial charge is 0.0434 e. The first-order valence-electron chi connectivity index (χ1n) is 3.83. The lowest BCUT2D eigenvalue weighted by Crippen LogP contribution is -2.27. The third-order valence-electron chi connectivity index (χ3n) is 1.44. The SMILES string of the molecule is CC(CCO)CNCCN. The highest BCUT2D eigenvalue weighted by Gasteiger charge is 1.98. The molecule has 0 saturated carbocycles. The van der Waals surface area contributed by atoms with Crippen LogP contribution in [0.1, 0.15) is 13.3 Å². The van der Waals surface area contributed by atoms with Crippen LogP contribution in [0.25, 0.3) is 0 Å². The number of aliphatic hydroxyl groups is 1. The van der Waals surface area contributed by atoms with Gasteiger partial charge in [-0.25, -0.2) is 0 Å². The van der Waals surface area contributed by atoms with Gasteiger partial charge in [0.25, 0.3) is 0 Å². The predicted molar refractivity (Wildman–Crippen MR) is 42.8 cm³/mol. The number of hydrogen-bond acceptors (Lipinski definition) is 3. The Bertz CT molecular complexity index is 68.6. The summed E-state index contributed by atoms with van der Waals surface area (Å²) in [5.74, 6) is 0.552. The fourth-order valence-electron chi connectivity index (χ4n) is 0.773. The molecule has 0 aromatic rings. The van der Waals surface area contributed by atoms with Gasteiger partial charge in [-0.2, -0.15) is 0 Å². The van der Waals surface area contributed by atoms with E-state index in [0.717, 1.165) is 19.5 Å². The molecule has 0 fully saturated rings. The van der Waals surface area contributed by atoms with Crippen molar-refractivity contribution in [2.24, 2.45) is 11.7 Å². The van der Waals surface area contributed by atoms with Crippen molar-refractivity contribution in [1.29, 1.82) is 0 Å². The van der Waals surface area contributed by atoms with Crippen molar-refractivity contribution in [3.05, 3.63) is 0 Å².